The van der Waals surface area contributed by atoms with Crippen LogP contribution in [0.2, 0.25) is 0 Å². The molecule has 2 fully saturated rings. The van der Waals surface area contributed by atoms with E-state index in [2.05, 4.69) is 19.6 Å². The minimum absolute atomic E-state index is 0.0488. The topological polar surface area (TPSA) is 78.1 Å². The third-order valence-corrected chi connectivity index (χ3v) is 5.80. The molecule has 0 radical (unpaired) electrons. The largest absolute Gasteiger partial charge is 0.332 e. The maximum atomic E-state index is 12.3. The summed E-state index contributed by atoms with van der Waals surface area (Å²) in [6, 6.07) is 0.608. The number of H-pyrrole nitrogens is 1. The zero-order valence-electron chi connectivity index (χ0n) is 11.8. The Balaban J connectivity index is 1.67. The smallest absolute Gasteiger partial charge is 0.257 e. The molecule has 2 aliphatic rings. The van der Waals surface area contributed by atoms with E-state index in [1.807, 2.05) is 6.92 Å². The molecule has 2 atom stereocenters. The van der Waals surface area contributed by atoms with Crippen molar-refractivity contribution in [2.24, 2.45) is 0 Å². The molecule has 2 unspecified atom stereocenters. The molecule has 20 heavy (non-hydrogen) atoms. The molecular weight excluding hydrogens is 276 g/mol. The SMILES string of the molecule is CCc1ncc(S(=O)(=O)NC2CCN3CCCC3C2)[nH]1. The summed E-state index contributed by atoms with van der Waals surface area (Å²) in [6.07, 6.45) is 6.37. The van der Waals surface area contributed by atoms with Crippen molar-refractivity contribution in [3.63, 3.8) is 0 Å². The molecule has 3 rings (SSSR count). The lowest BCUT2D eigenvalue weighted by molar-refractivity contribution is 0.176. The van der Waals surface area contributed by atoms with Crippen LogP contribution >= 0.6 is 0 Å². The van der Waals surface area contributed by atoms with Gasteiger partial charge in [-0.05, 0) is 38.8 Å². The summed E-state index contributed by atoms with van der Waals surface area (Å²) in [4.78, 5) is 9.41. The van der Waals surface area contributed by atoms with Crippen LogP contribution in [0.4, 0.5) is 0 Å². The molecule has 1 aromatic rings. The third kappa shape index (κ3) is 2.75. The fourth-order valence-electron chi connectivity index (χ4n) is 3.27. The maximum absolute atomic E-state index is 12.3. The molecule has 0 saturated carbocycles. The van der Waals surface area contributed by atoms with Gasteiger partial charge in [-0.15, -0.1) is 0 Å². The monoisotopic (exact) mass is 298 g/mol. The van der Waals surface area contributed by atoms with Gasteiger partial charge in [-0.25, -0.2) is 18.1 Å². The van der Waals surface area contributed by atoms with Gasteiger partial charge < -0.3 is 9.88 Å². The number of rotatable bonds is 4. The van der Waals surface area contributed by atoms with Crippen LogP contribution in [0.25, 0.3) is 0 Å². The van der Waals surface area contributed by atoms with E-state index < -0.39 is 10.0 Å². The van der Waals surface area contributed by atoms with E-state index in [1.54, 1.807) is 0 Å². The second-order valence-corrected chi connectivity index (χ2v) is 7.40. The number of aryl methyl sites for hydroxylation is 1. The van der Waals surface area contributed by atoms with Gasteiger partial charge in [-0.3, -0.25) is 0 Å². The van der Waals surface area contributed by atoms with Crippen molar-refractivity contribution >= 4 is 10.0 Å². The number of nitrogens with zero attached hydrogens (tertiary/aromatic N) is 2. The first-order valence-electron chi connectivity index (χ1n) is 7.39. The third-order valence-electron chi connectivity index (χ3n) is 4.37. The molecule has 0 amide bonds. The van der Waals surface area contributed by atoms with E-state index in [9.17, 15) is 8.42 Å². The Kier molecular flexibility index (Phi) is 3.83. The Bertz CT molecular complexity index is 569. The van der Waals surface area contributed by atoms with Gasteiger partial charge in [-0.2, -0.15) is 0 Å². The van der Waals surface area contributed by atoms with Gasteiger partial charge in [0.2, 0.25) is 0 Å². The molecule has 6 nitrogen and oxygen atoms in total. The zero-order valence-corrected chi connectivity index (χ0v) is 12.6. The van der Waals surface area contributed by atoms with Crippen molar-refractivity contribution in [1.82, 2.24) is 19.6 Å². The number of sulfonamides is 1. The van der Waals surface area contributed by atoms with Crippen molar-refractivity contribution < 1.29 is 8.42 Å². The predicted molar refractivity (Wildman–Crippen MR) is 75.9 cm³/mol. The summed E-state index contributed by atoms with van der Waals surface area (Å²) >= 11 is 0. The number of hydrogen-bond acceptors (Lipinski definition) is 4. The van der Waals surface area contributed by atoms with Crippen LogP contribution in [0.3, 0.4) is 0 Å². The number of piperidine rings is 1. The Labute approximate surface area is 120 Å². The molecule has 0 bridgehead atoms. The van der Waals surface area contributed by atoms with Crippen molar-refractivity contribution in [3.05, 3.63) is 12.0 Å². The van der Waals surface area contributed by atoms with Gasteiger partial charge in [0, 0.05) is 18.5 Å². The molecule has 0 aliphatic carbocycles. The van der Waals surface area contributed by atoms with Gasteiger partial charge in [0.1, 0.15) is 5.82 Å². The summed E-state index contributed by atoms with van der Waals surface area (Å²) in [7, 11) is -3.46. The molecule has 0 aromatic carbocycles. The highest BCUT2D eigenvalue weighted by Gasteiger charge is 2.33. The highest BCUT2D eigenvalue weighted by atomic mass is 32.2. The first-order valence-corrected chi connectivity index (χ1v) is 8.87. The van der Waals surface area contributed by atoms with Crippen LogP contribution < -0.4 is 4.72 Å². The molecule has 3 heterocycles. The Morgan fingerprint density at radius 3 is 3.05 bits per heavy atom. The number of hydrogen-bond donors (Lipinski definition) is 2. The molecule has 1 aromatic heterocycles. The van der Waals surface area contributed by atoms with Crippen molar-refractivity contribution in [1.29, 1.82) is 0 Å². The first kappa shape index (κ1) is 14.0. The second-order valence-electron chi connectivity index (χ2n) is 5.72. The lowest BCUT2D eigenvalue weighted by atomic mass is 9.99. The van der Waals surface area contributed by atoms with E-state index >= 15 is 0 Å². The maximum Gasteiger partial charge on any atom is 0.257 e. The standard InChI is InChI=1S/C13H22N4O2S/c1-2-12-14-9-13(15-12)20(18,19)16-10-5-7-17-6-3-4-11(17)8-10/h9-11,16H,2-8H2,1H3,(H,14,15). The quantitative estimate of drug-likeness (QED) is 0.865. The Hall–Kier alpha value is -0.920. The van der Waals surface area contributed by atoms with Crippen LogP contribution in [0.5, 0.6) is 0 Å². The lowest BCUT2D eigenvalue weighted by Crippen LogP contribution is -2.47. The van der Waals surface area contributed by atoms with E-state index in [1.165, 1.54) is 25.6 Å². The average molecular weight is 298 g/mol. The average Bonchev–Trinajstić information content (AvgIpc) is 3.06. The van der Waals surface area contributed by atoms with E-state index in [0.717, 1.165) is 19.4 Å². The number of nitrogens with one attached hydrogen (secondary N) is 2. The summed E-state index contributed by atoms with van der Waals surface area (Å²) in [6.45, 7) is 4.12. The van der Waals surface area contributed by atoms with Crippen LogP contribution in [0.15, 0.2) is 11.2 Å². The predicted octanol–water partition coefficient (Wildman–Crippen LogP) is 0.877. The number of fused-ring (bicyclic) bond motifs is 1. The van der Waals surface area contributed by atoms with Crippen molar-refractivity contribution in [2.45, 2.75) is 56.1 Å². The molecule has 2 saturated heterocycles. The fourth-order valence-corrected chi connectivity index (χ4v) is 4.50. The first-order chi connectivity index (χ1) is 9.58. The fraction of sp³-hybridized carbons (Fsp3) is 0.769. The molecule has 112 valence electrons. The lowest BCUT2D eigenvalue weighted by Gasteiger charge is -2.34. The van der Waals surface area contributed by atoms with Gasteiger partial charge in [0.05, 0.1) is 6.20 Å². The van der Waals surface area contributed by atoms with Crippen LogP contribution in [0, 0.1) is 0 Å². The van der Waals surface area contributed by atoms with Crippen LogP contribution in [-0.4, -0.2) is 48.5 Å². The highest BCUT2D eigenvalue weighted by Crippen LogP contribution is 2.27. The summed E-state index contributed by atoms with van der Waals surface area (Å²) in [5, 5.41) is 0.184. The molecule has 2 aliphatic heterocycles. The molecule has 2 N–H and O–H groups in total. The summed E-state index contributed by atoms with van der Waals surface area (Å²) in [5.74, 6) is 0.705. The number of aromatic nitrogens is 2. The number of imidazole rings is 1. The van der Waals surface area contributed by atoms with Crippen molar-refractivity contribution in [2.75, 3.05) is 13.1 Å². The normalized spacial score (nSPS) is 27.6. The van der Waals surface area contributed by atoms with Gasteiger partial charge in [0.25, 0.3) is 10.0 Å². The minimum Gasteiger partial charge on any atom is -0.332 e. The van der Waals surface area contributed by atoms with E-state index in [-0.39, 0.29) is 11.1 Å². The van der Waals surface area contributed by atoms with Gasteiger partial charge in [0.15, 0.2) is 5.03 Å². The summed E-state index contributed by atoms with van der Waals surface area (Å²) < 4.78 is 27.5. The number of aromatic amines is 1. The highest BCUT2D eigenvalue weighted by molar-refractivity contribution is 7.89. The van der Waals surface area contributed by atoms with E-state index in [0.29, 0.717) is 18.3 Å². The molecule has 0 spiro atoms. The Morgan fingerprint density at radius 2 is 2.30 bits per heavy atom. The zero-order chi connectivity index (χ0) is 14.2. The minimum atomic E-state index is -3.46. The molecular formula is C13H22N4O2S. The van der Waals surface area contributed by atoms with Crippen LogP contribution in [-0.2, 0) is 16.4 Å². The molecule has 7 heteroatoms. The second kappa shape index (κ2) is 5.46. The van der Waals surface area contributed by atoms with Crippen LogP contribution in [0.1, 0.15) is 38.4 Å². The van der Waals surface area contributed by atoms with E-state index in [4.69, 9.17) is 0 Å². The summed E-state index contributed by atoms with van der Waals surface area (Å²) in [5.41, 5.74) is 0. The van der Waals surface area contributed by atoms with Gasteiger partial charge in [-0.1, -0.05) is 6.92 Å². The Morgan fingerprint density at radius 1 is 1.45 bits per heavy atom. The van der Waals surface area contributed by atoms with Crippen molar-refractivity contribution in [3.8, 4) is 0 Å². The van der Waals surface area contributed by atoms with Gasteiger partial charge >= 0.3 is 0 Å².